The number of hydrogen-bond donors (Lipinski definition) is 0. The monoisotopic (exact) mass is 270 g/mol. The van der Waals surface area contributed by atoms with Crippen LogP contribution in [0.5, 0.6) is 0 Å². The third-order valence-corrected chi connectivity index (χ3v) is 3.78. The number of rotatable bonds is 2. The fraction of sp³-hybridized carbons (Fsp3) is 0. The average molecular weight is 270 g/mol. The smallest absolute Gasteiger partial charge is 0.0959 e. The normalized spacial score (nSPS) is 10.5. The fourth-order valence-electron chi connectivity index (χ4n) is 2.66. The van der Waals surface area contributed by atoms with E-state index in [0.29, 0.717) is 33.0 Å². The van der Waals surface area contributed by atoms with E-state index in [-0.39, 0.29) is 0 Å². The summed E-state index contributed by atoms with van der Waals surface area (Å²) >= 11 is 0. The molecule has 0 aliphatic carbocycles. The van der Waals surface area contributed by atoms with E-state index in [1.807, 2.05) is 60.7 Å². The van der Waals surface area contributed by atoms with Crippen molar-refractivity contribution in [2.45, 2.75) is 0 Å². The minimum atomic E-state index is 0.455. The SMILES string of the molecule is [B]c1c([B])c(-c2ccccc2)c([B])c([B])c1-c1ccccc1. The molecule has 3 aromatic carbocycles. The molecule has 0 atom stereocenters. The highest BCUT2D eigenvalue weighted by molar-refractivity contribution is 6.62. The van der Waals surface area contributed by atoms with Gasteiger partial charge in [-0.15, -0.1) is 0 Å². The second kappa shape index (κ2) is 5.96. The van der Waals surface area contributed by atoms with E-state index in [9.17, 15) is 0 Å². The van der Waals surface area contributed by atoms with Crippen LogP contribution in [0.15, 0.2) is 60.7 Å². The molecule has 0 aliphatic heterocycles. The largest absolute Gasteiger partial charge is 0.113 e. The van der Waals surface area contributed by atoms with Gasteiger partial charge in [-0.25, -0.2) is 0 Å². The fourth-order valence-corrected chi connectivity index (χ4v) is 2.66. The molecule has 0 nitrogen and oxygen atoms in total. The Labute approximate surface area is 136 Å². The van der Waals surface area contributed by atoms with Gasteiger partial charge in [0.1, 0.15) is 31.4 Å². The highest BCUT2D eigenvalue weighted by Crippen LogP contribution is 2.17. The lowest BCUT2D eigenvalue weighted by Gasteiger charge is -2.23. The van der Waals surface area contributed by atoms with Crippen molar-refractivity contribution in [3.63, 3.8) is 0 Å². The van der Waals surface area contributed by atoms with E-state index in [0.717, 1.165) is 11.1 Å². The van der Waals surface area contributed by atoms with Gasteiger partial charge in [0.15, 0.2) is 0 Å². The standard InChI is InChI=1S/C18H10B4/c19-15-13(11-7-3-1-4-8-11)16(20)18(22)14(17(15)21)12-9-5-2-6-10-12/h1-10H. The molecule has 0 bridgehead atoms. The molecule has 0 unspecified atom stereocenters. The predicted octanol–water partition coefficient (Wildman–Crippen LogP) is 0.196. The Kier molecular flexibility index (Phi) is 4.02. The van der Waals surface area contributed by atoms with E-state index in [1.165, 1.54) is 0 Å². The van der Waals surface area contributed by atoms with Crippen molar-refractivity contribution in [2.75, 3.05) is 0 Å². The molecule has 0 aliphatic rings. The van der Waals surface area contributed by atoms with Crippen molar-refractivity contribution >= 4 is 53.2 Å². The third kappa shape index (κ3) is 2.43. The van der Waals surface area contributed by atoms with Gasteiger partial charge in [0.25, 0.3) is 0 Å². The van der Waals surface area contributed by atoms with Crippen LogP contribution in [-0.2, 0) is 0 Å². The Hall–Kier alpha value is -2.08. The van der Waals surface area contributed by atoms with Gasteiger partial charge in [-0.3, -0.25) is 0 Å². The quantitative estimate of drug-likeness (QED) is 0.583. The van der Waals surface area contributed by atoms with Crippen molar-refractivity contribution < 1.29 is 0 Å². The maximum atomic E-state index is 6.26. The van der Waals surface area contributed by atoms with Gasteiger partial charge in [0, 0.05) is 0 Å². The van der Waals surface area contributed by atoms with Crippen molar-refractivity contribution in [3.05, 3.63) is 60.7 Å². The summed E-state index contributed by atoms with van der Waals surface area (Å²) in [6.07, 6.45) is 0. The first-order valence-electron chi connectivity index (χ1n) is 6.98. The van der Waals surface area contributed by atoms with Gasteiger partial charge < -0.3 is 0 Å². The van der Waals surface area contributed by atoms with Crippen molar-refractivity contribution in [1.29, 1.82) is 0 Å². The first-order valence-corrected chi connectivity index (χ1v) is 6.98. The summed E-state index contributed by atoms with van der Waals surface area (Å²) in [6.45, 7) is 0. The van der Waals surface area contributed by atoms with Crippen LogP contribution >= 0.6 is 0 Å². The molecule has 0 N–H and O–H groups in total. The molecule has 0 saturated carbocycles. The maximum Gasteiger partial charge on any atom is 0.113 e. The van der Waals surface area contributed by atoms with Gasteiger partial charge in [-0.05, 0) is 22.3 Å². The lowest BCUT2D eigenvalue weighted by Crippen LogP contribution is -2.44. The van der Waals surface area contributed by atoms with Gasteiger partial charge in [-0.1, -0.05) is 82.5 Å². The van der Waals surface area contributed by atoms with E-state index < -0.39 is 0 Å². The van der Waals surface area contributed by atoms with Gasteiger partial charge in [0.05, 0.1) is 0 Å². The van der Waals surface area contributed by atoms with Crippen LogP contribution in [0.3, 0.4) is 0 Å². The second-order valence-corrected chi connectivity index (χ2v) is 5.14. The zero-order chi connectivity index (χ0) is 15.7. The van der Waals surface area contributed by atoms with Crippen LogP contribution < -0.4 is 21.9 Å². The lowest BCUT2D eigenvalue weighted by atomic mass is 9.62. The summed E-state index contributed by atoms with van der Waals surface area (Å²) in [7, 11) is 25.0. The topological polar surface area (TPSA) is 0 Å². The summed E-state index contributed by atoms with van der Waals surface area (Å²) in [5.41, 5.74) is 5.00. The van der Waals surface area contributed by atoms with Crippen molar-refractivity contribution in [2.24, 2.45) is 0 Å². The number of hydrogen-bond acceptors (Lipinski definition) is 0. The molecule has 3 rings (SSSR count). The van der Waals surface area contributed by atoms with Crippen LogP contribution in [0.2, 0.25) is 0 Å². The van der Waals surface area contributed by atoms with Crippen LogP contribution in [0.25, 0.3) is 22.3 Å². The van der Waals surface area contributed by atoms with E-state index in [4.69, 9.17) is 31.4 Å². The third-order valence-electron chi connectivity index (χ3n) is 3.78. The average Bonchev–Trinajstić information content (AvgIpc) is 2.55. The van der Waals surface area contributed by atoms with E-state index >= 15 is 0 Å². The Morgan fingerprint density at radius 1 is 0.409 bits per heavy atom. The summed E-state index contributed by atoms with van der Waals surface area (Å²) < 4.78 is 0. The Bertz CT molecular complexity index is 712. The van der Waals surface area contributed by atoms with Crippen LogP contribution in [0.4, 0.5) is 0 Å². The minimum absolute atomic E-state index is 0.455. The van der Waals surface area contributed by atoms with Crippen LogP contribution in [-0.4, -0.2) is 31.4 Å². The molecule has 0 amide bonds. The molecule has 22 heavy (non-hydrogen) atoms. The Morgan fingerprint density at radius 3 is 0.955 bits per heavy atom. The maximum absolute atomic E-state index is 6.26. The number of benzene rings is 3. The highest BCUT2D eigenvalue weighted by atomic mass is 14.1. The minimum Gasteiger partial charge on any atom is -0.0959 e. The van der Waals surface area contributed by atoms with E-state index in [2.05, 4.69) is 0 Å². The van der Waals surface area contributed by atoms with Crippen LogP contribution in [0.1, 0.15) is 0 Å². The first-order chi connectivity index (χ1) is 10.6. The van der Waals surface area contributed by atoms with Crippen molar-refractivity contribution in [3.8, 4) is 22.3 Å². The molecule has 4 heteroatoms. The zero-order valence-electron chi connectivity index (χ0n) is 12.1. The molecule has 8 radical (unpaired) electrons. The molecule has 0 aromatic heterocycles. The molecular formula is C18H10B4. The second-order valence-electron chi connectivity index (χ2n) is 5.14. The summed E-state index contributed by atoms with van der Waals surface area (Å²) in [4.78, 5) is 0. The molecule has 0 fully saturated rings. The van der Waals surface area contributed by atoms with Crippen LogP contribution in [0, 0.1) is 0 Å². The Morgan fingerprint density at radius 2 is 0.682 bits per heavy atom. The summed E-state index contributed by atoms with van der Waals surface area (Å²) in [6, 6.07) is 19.3. The van der Waals surface area contributed by atoms with Gasteiger partial charge in [-0.2, -0.15) is 0 Å². The highest BCUT2D eigenvalue weighted by Gasteiger charge is 2.15. The molecule has 0 spiro atoms. The van der Waals surface area contributed by atoms with E-state index in [1.54, 1.807) is 0 Å². The molecule has 0 heterocycles. The molecule has 0 saturated heterocycles. The molecular weight excluding hydrogens is 259 g/mol. The van der Waals surface area contributed by atoms with Gasteiger partial charge >= 0.3 is 0 Å². The van der Waals surface area contributed by atoms with Crippen molar-refractivity contribution in [1.82, 2.24) is 0 Å². The summed E-state index contributed by atoms with van der Waals surface area (Å²) in [5, 5.41) is 0. The Balaban J connectivity index is 2.31. The predicted molar refractivity (Wildman–Crippen MR) is 98.9 cm³/mol. The molecule has 94 valence electrons. The van der Waals surface area contributed by atoms with Gasteiger partial charge in [0.2, 0.25) is 0 Å². The zero-order valence-corrected chi connectivity index (χ0v) is 12.1. The lowest BCUT2D eigenvalue weighted by molar-refractivity contribution is 1.67. The molecule has 3 aromatic rings. The first kappa shape index (κ1) is 14.8. The summed E-state index contributed by atoms with van der Waals surface area (Å²) in [5.74, 6) is 0.